The van der Waals surface area contributed by atoms with Crippen LogP contribution in [0.4, 0.5) is 0 Å². The molecule has 0 aliphatic carbocycles. The fourth-order valence-corrected chi connectivity index (χ4v) is 2.31. The number of nitrogens with zero attached hydrogens (tertiary/aromatic N) is 1. The minimum absolute atomic E-state index is 0.0759. The maximum Gasteiger partial charge on any atom is 0.322 e. The van der Waals surface area contributed by atoms with E-state index in [4.69, 9.17) is 5.11 Å². The highest BCUT2D eigenvalue weighted by molar-refractivity contribution is 5.78. The maximum atomic E-state index is 11.1. The summed E-state index contributed by atoms with van der Waals surface area (Å²) in [5.41, 5.74) is 0. The zero-order chi connectivity index (χ0) is 11.5. The van der Waals surface area contributed by atoms with Crippen molar-refractivity contribution in [3.05, 3.63) is 0 Å². The summed E-state index contributed by atoms with van der Waals surface area (Å²) in [6, 6.07) is -0.348. The fraction of sp³-hybridized carbons (Fsp3) is 0.800. The van der Waals surface area contributed by atoms with Crippen LogP contribution in [0.1, 0.15) is 12.8 Å². The normalized spacial score (nSPS) is 31.4. The molecule has 0 spiro atoms. The SMILES string of the molecule is O=C1CCC(CN2CCNCC2C(=O)O)N1. The van der Waals surface area contributed by atoms with Crippen molar-refractivity contribution in [2.75, 3.05) is 26.2 Å². The molecule has 16 heavy (non-hydrogen) atoms. The van der Waals surface area contributed by atoms with E-state index in [1.807, 2.05) is 4.90 Å². The predicted octanol–water partition coefficient (Wildman–Crippen LogP) is -1.38. The second-order valence-electron chi connectivity index (χ2n) is 4.36. The first-order valence-corrected chi connectivity index (χ1v) is 5.64. The topological polar surface area (TPSA) is 81.7 Å². The number of piperazine rings is 1. The number of nitrogens with one attached hydrogen (secondary N) is 2. The highest BCUT2D eigenvalue weighted by Crippen LogP contribution is 2.11. The van der Waals surface area contributed by atoms with E-state index in [1.165, 1.54) is 0 Å². The third-order valence-corrected chi connectivity index (χ3v) is 3.18. The van der Waals surface area contributed by atoms with Crippen LogP contribution >= 0.6 is 0 Å². The fourth-order valence-electron chi connectivity index (χ4n) is 2.31. The van der Waals surface area contributed by atoms with E-state index in [-0.39, 0.29) is 11.9 Å². The third-order valence-electron chi connectivity index (χ3n) is 3.18. The Balaban J connectivity index is 1.91. The number of rotatable bonds is 3. The lowest BCUT2D eigenvalue weighted by molar-refractivity contribution is -0.144. The number of carboxylic acids is 1. The number of aliphatic carboxylic acids is 1. The number of hydrogen-bond donors (Lipinski definition) is 3. The molecule has 0 bridgehead atoms. The highest BCUT2D eigenvalue weighted by Gasteiger charge is 2.31. The molecule has 0 radical (unpaired) electrons. The zero-order valence-electron chi connectivity index (χ0n) is 9.11. The van der Waals surface area contributed by atoms with Crippen molar-refractivity contribution in [3.8, 4) is 0 Å². The van der Waals surface area contributed by atoms with Gasteiger partial charge < -0.3 is 15.7 Å². The van der Waals surface area contributed by atoms with Crippen molar-refractivity contribution in [1.82, 2.24) is 15.5 Å². The molecular weight excluding hydrogens is 210 g/mol. The van der Waals surface area contributed by atoms with Gasteiger partial charge in [0.15, 0.2) is 0 Å². The monoisotopic (exact) mass is 227 g/mol. The van der Waals surface area contributed by atoms with Gasteiger partial charge in [-0.25, -0.2) is 0 Å². The van der Waals surface area contributed by atoms with Crippen LogP contribution in [0.2, 0.25) is 0 Å². The first-order valence-electron chi connectivity index (χ1n) is 5.64. The van der Waals surface area contributed by atoms with Gasteiger partial charge in [0.05, 0.1) is 0 Å². The summed E-state index contributed by atoms with van der Waals surface area (Å²) >= 11 is 0. The summed E-state index contributed by atoms with van der Waals surface area (Å²) in [4.78, 5) is 24.0. The quantitative estimate of drug-likeness (QED) is 0.554. The van der Waals surface area contributed by atoms with Crippen LogP contribution in [-0.4, -0.2) is 60.1 Å². The Morgan fingerprint density at radius 2 is 2.38 bits per heavy atom. The Kier molecular flexibility index (Phi) is 3.40. The highest BCUT2D eigenvalue weighted by atomic mass is 16.4. The van der Waals surface area contributed by atoms with Gasteiger partial charge in [-0.1, -0.05) is 0 Å². The van der Waals surface area contributed by atoms with E-state index in [1.54, 1.807) is 0 Å². The molecule has 2 aliphatic heterocycles. The second kappa shape index (κ2) is 4.80. The number of carbonyl (C=O) groups excluding carboxylic acids is 1. The number of carboxylic acid groups (broad SMARTS) is 1. The minimum Gasteiger partial charge on any atom is -0.480 e. The largest absolute Gasteiger partial charge is 0.480 e. The molecule has 2 unspecified atom stereocenters. The molecule has 6 nitrogen and oxygen atoms in total. The molecule has 0 saturated carbocycles. The van der Waals surface area contributed by atoms with Gasteiger partial charge in [0, 0.05) is 38.6 Å². The van der Waals surface area contributed by atoms with E-state index in [9.17, 15) is 9.59 Å². The molecule has 2 aliphatic rings. The molecule has 2 fully saturated rings. The molecule has 2 heterocycles. The molecule has 0 aromatic heterocycles. The van der Waals surface area contributed by atoms with Gasteiger partial charge in [-0.3, -0.25) is 14.5 Å². The Bertz CT molecular complexity index is 295. The molecule has 90 valence electrons. The lowest BCUT2D eigenvalue weighted by Crippen LogP contribution is -2.57. The van der Waals surface area contributed by atoms with Gasteiger partial charge in [-0.2, -0.15) is 0 Å². The first-order chi connectivity index (χ1) is 7.66. The molecule has 3 N–H and O–H groups in total. The molecule has 2 saturated heterocycles. The van der Waals surface area contributed by atoms with Crippen LogP contribution in [-0.2, 0) is 9.59 Å². The van der Waals surface area contributed by atoms with Gasteiger partial charge in [0.1, 0.15) is 6.04 Å². The van der Waals surface area contributed by atoms with Gasteiger partial charge in [-0.05, 0) is 6.42 Å². The van der Waals surface area contributed by atoms with Crippen LogP contribution in [0.5, 0.6) is 0 Å². The van der Waals surface area contributed by atoms with Gasteiger partial charge in [0.25, 0.3) is 0 Å². The van der Waals surface area contributed by atoms with Crippen LogP contribution in [0.15, 0.2) is 0 Å². The smallest absolute Gasteiger partial charge is 0.322 e. The van der Waals surface area contributed by atoms with Crippen LogP contribution in [0.25, 0.3) is 0 Å². The van der Waals surface area contributed by atoms with E-state index in [0.29, 0.717) is 19.5 Å². The zero-order valence-corrected chi connectivity index (χ0v) is 9.11. The van der Waals surface area contributed by atoms with Crippen molar-refractivity contribution in [3.63, 3.8) is 0 Å². The standard InChI is InChI=1S/C10H17N3O3/c14-9-2-1-7(12-9)6-13-4-3-11-5-8(13)10(15)16/h7-8,11H,1-6H2,(H,12,14)(H,15,16). The maximum absolute atomic E-state index is 11.1. The van der Waals surface area contributed by atoms with E-state index >= 15 is 0 Å². The summed E-state index contributed by atoms with van der Waals surface area (Å²) in [6.07, 6.45) is 1.38. The Labute approximate surface area is 94.0 Å². The molecular formula is C10H17N3O3. The second-order valence-corrected chi connectivity index (χ2v) is 4.36. The lowest BCUT2D eigenvalue weighted by atomic mass is 10.1. The lowest BCUT2D eigenvalue weighted by Gasteiger charge is -2.34. The van der Waals surface area contributed by atoms with Gasteiger partial charge in [0.2, 0.25) is 5.91 Å². The summed E-state index contributed by atoms with van der Waals surface area (Å²) in [7, 11) is 0. The van der Waals surface area contributed by atoms with Crippen LogP contribution in [0.3, 0.4) is 0 Å². The number of carbonyl (C=O) groups is 2. The van der Waals surface area contributed by atoms with E-state index in [2.05, 4.69) is 10.6 Å². The molecule has 2 atom stereocenters. The van der Waals surface area contributed by atoms with Crippen molar-refractivity contribution in [1.29, 1.82) is 0 Å². The third kappa shape index (κ3) is 2.51. The average Bonchev–Trinajstić information content (AvgIpc) is 2.64. The van der Waals surface area contributed by atoms with Crippen LogP contribution in [0, 0.1) is 0 Å². The average molecular weight is 227 g/mol. The van der Waals surface area contributed by atoms with E-state index in [0.717, 1.165) is 19.5 Å². The minimum atomic E-state index is -0.795. The number of hydrogen-bond acceptors (Lipinski definition) is 4. The van der Waals surface area contributed by atoms with Crippen LogP contribution < -0.4 is 10.6 Å². The predicted molar refractivity (Wildman–Crippen MR) is 57.0 cm³/mol. The summed E-state index contributed by atoms with van der Waals surface area (Å²) in [5.74, 6) is -0.719. The molecule has 1 amide bonds. The first kappa shape index (κ1) is 11.3. The van der Waals surface area contributed by atoms with Gasteiger partial charge in [-0.15, -0.1) is 0 Å². The van der Waals surface area contributed by atoms with Crippen molar-refractivity contribution >= 4 is 11.9 Å². The molecule has 2 rings (SSSR count). The van der Waals surface area contributed by atoms with E-state index < -0.39 is 12.0 Å². The summed E-state index contributed by atoms with van der Waals surface area (Å²) in [6.45, 7) is 2.66. The summed E-state index contributed by atoms with van der Waals surface area (Å²) < 4.78 is 0. The molecule has 6 heteroatoms. The van der Waals surface area contributed by atoms with Crippen molar-refractivity contribution < 1.29 is 14.7 Å². The van der Waals surface area contributed by atoms with Gasteiger partial charge >= 0.3 is 5.97 Å². The van der Waals surface area contributed by atoms with Crippen molar-refractivity contribution in [2.45, 2.75) is 24.9 Å². The molecule has 0 aromatic carbocycles. The Hall–Kier alpha value is -1.14. The Morgan fingerprint density at radius 3 is 3.00 bits per heavy atom. The Morgan fingerprint density at radius 1 is 1.56 bits per heavy atom. The van der Waals surface area contributed by atoms with Crippen molar-refractivity contribution in [2.24, 2.45) is 0 Å². The summed E-state index contributed by atoms with van der Waals surface area (Å²) in [5, 5.41) is 15.0. The molecule has 0 aromatic rings. The number of amides is 1.